The molecule has 0 aliphatic carbocycles. The Kier molecular flexibility index (Phi) is 4.85. The van der Waals surface area contributed by atoms with Gasteiger partial charge in [-0.2, -0.15) is 5.26 Å². The highest BCUT2D eigenvalue weighted by molar-refractivity contribution is 7.99. The predicted molar refractivity (Wildman–Crippen MR) is 78.2 cm³/mol. The lowest BCUT2D eigenvalue weighted by molar-refractivity contribution is 0.344. The number of ether oxygens (including phenoxy) is 1. The molecule has 2 aromatic rings. The van der Waals surface area contributed by atoms with Crippen LogP contribution >= 0.6 is 11.8 Å². The smallest absolute Gasteiger partial charge is 0.147 e. The van der Waals surface area contributed by atoms with Crippen LogP contribution in [0.3, 0.4) is 0 Å². The summed E-state index contributed by atoms with van der Waals surface area (Å²) in [4.78, 5) is 0.820. The van der Waals surface area contributed by atoms with E-state index >= 15 is 0 Å². The largest absolute Gasteiger partial charge is 0.493 e. The fraction of sp³-hybridized carbons (Fsp3) is 0.133. The molecule has 102 valence electrons. The Labute approximate surface area is 121 Å². The van der Waals surface area contributed by atoms with Crippen molar-refractivity contribution in [2.45, 2.75) is 4.90 Å². The van der Waals surface area contributed by atoms with Crippen LogP contribution in [0.1, 0.15) is 5.56 Å². The standard InChI is InChI=1S/C15H13FN2OS/c16-14-9-13(5-6-15(14)18)20-8-7-19-12-3-1-11(10-17)2-4-12/h1-6,9H,7-8,18H2. The van der Waals surface area contributed by atoms with Crippen molar-refractivity contribution in [2.24, 2.45) is 0 Å². The number of anilines is 1. The number of hydrogen-bond acceptors (Lipinski definition) is 4. The quantitative estimate of drug-likeness (QED) is 0.520. The number of nitrogens with two attached hydrogens (primary N) is 1. The monoisotopic (exact) mass is 288 g/mol. The third-order valence-corrected chi connectivity index (χ3v) is 3.53. The van der Waals surface area contributed by atoms with Crippen molar-refractivity contribution in [3.8, 4) is 11.8 Å². The SMILES string of the molecule is N#Cc1ccc(OCCSc2ccc(N)c(F)c2)cc1. The van der Waals surface area contributed by atoms with E-state index in [1.54, 1.807) is 36.4 Å². The molecule has 2 aromatic carbocycles. The predicted octanol–water partition coefficient (Wildman–Crippen LogP) is 3.45. The van der Waals surface area contributed by atoms with E-state index in [0.29, 0.717) is 23.7 Å². The molecular weight excluding hydrogens is 275 g/mol. The van der Waals surface area contributed by atoms with Crippen LogP contribution < -0.4 is 10.5 Å². The molecule has 2 rings (SSSR count). The van der Waals surface area contributed by atoms with E-state index in [2.05, 4.69) is 0 Å². The van der Waals surface area contributed by atoms with Gasteiger partial charge in [-0.05, 0) is 42.5 Å². The van der Waals surface area contributed by atoms with Gasteiger partial charge in [0.1, 0.15) is 11.6 Å². The van der Waals surface area contributed by atoms with Gasteiger partial charge in [-0.3, -0.25) is 0 Å². The number of nitriles is 1. The fourth-order valence-electron chi connectivity index (χ4n) is 1.54. The minimum absolute atomic E-state index is 0.156. The zero-order valence-electron chi connectivity index (χ0n) is 10.7. The summed E-state index contributed by atoms with van der Waals surface area (Å²) in [6, 6.07) is 13.7. The summed E-state index contributed by atoms with van der Waals surface area (Å²) < 4.78 is 18.8. The average Bonchev–Trinajstić information content (AvgIpc) is 2.48. The second-order valence-electron chi connectivity index (χ2n) is 4.02. The van der Waals surface area contributed by atoms with Crippen LogP contribution in [0.25, 0.3) is 0 Å². The summed E-state index contributed by atoms with van der Waals surface area (Å²) in [5.74, 6) is 1.01. The second-order valence-corrected chi connectivity index (χ2v) is 5.18. The molecule has 2 N–H and O–H groups in total. The zero-order chi connectivity index (χ0) is 14.4. The first-order valence-electron chi connectivity index (χ1n) is 6.00. The van der Waals surface area contributed by atoms with Gasteiger partial charge in [-0.15, -0.1) is 11.8 Å². The summed E-state index contributed by atoms with van der Waals surface area (Å²) in [6.07, 6.45) is 0. The van der Waals surface area contributed by atoms with Crippen LogP contribution in [0.4, 0.5) is 10.1 Å². The Bertz CT molecular complexity index is 623. The van der Waals surface area contributed by atoms with Gasteiger partial charge in [0.25, 0.3) is 0 Å². The highest BCUT2D eigenvalue weighted by Crippen LogP contribution is 2.22. The Morgan fingerprint density at radius 2 is 1.95 bits per heavy atom. The average molecular weight is 288 g/mol. The maximum atomic E-state index is 13.2. The van der Waals surface area contributed by atoms with Crippen LogP contribution in [0, 0.1) is 17.1 Å². The highest BCUT2D eigenvalue weighted by Gasteiger charge is 2.01. The normalized spacial score (nSPS) is 10.0. The van der Waals surface area contributed by atoms with Crippen molar-refractivity contribution < 1.29 is 9.13 Å². The van der Waals surface area contributed by atoms with Crippen LogP contribution in [-0.4, -0.2) is 12.4 Å². The van der Waals surface area contributed by atoms with Gasteiger partial charge in [-0.1, -0.05) is 0 Å². The third kappa shape index (κ3) is 3.90. The molecule has 0 saturated heterocycles. The van der Waals surface area contributed by atoms with Gasteiger partial charge in [0, 0.05) is 10.6 Å². The summed E-state index contributed by atoms with van der Waals surface area (Å²) in [5.41, 5.74) is 6.17. The lowest BCUT2D eigenvalue weighted by Crippen LogP contribution is -2.00. The summed E-state index contributed by atoms with van der Waals surface area (Å²) in [7, 11) is 0. The van der Waals surface area contributed by atoms with Crippen LogP contribution in [-0.2, 0) is 0 Å². The third-order valence-electron chi connectivity index (χ3n) is 2.58. The minimum Gasteiger partial charge on any atom is -0.493 e. The van der Waals surface area contributed by atoms with E-state index in [4.69, 9.17) is 15.7 Å². The first-order chi connectivity index (χ1) is 9.69. The topological polar surface area (TPSA) is 59.0 Å². The molecule has 0 radical (unpaired) electrons. The first-order valence-corrected chi connectivity index (χ1v) is 6.98. The van der Waals surface area contributed by atoms with Gasteiger partial charge < -0.3 is 10.5 Å². The molecule has 0 amide bonds. The molecule has 0 fully saturated rings. The summed E-state index contributed by atoms with van der Waals surface area (Å²) >= 11 is 1.50. The van der Waals surface area contributed by atoms with E-state index in [0.717, 1.165) is 4.90 Å². The molecule has 0 aromatic heterocycles. The molecule has 0 heterocycles. The van der Waals surface area contributed by atoms with Gasteiger partial charge in [0.05, 0.1) is 23.9 Å². The number of rotatable bonds is 5. The zero-order valence-corrected chi connectivity index (χ0v) is 11.5. The van der Waals surface area contributed by atoms with E-state index < -0.39 is 5.82 Å². The number of thioether (sulfide) groups is 1. The number of benzene rings is 2. The summed E-state index contributed by atoms with van der Waals surface area (Å²) in [6.45, 7) is 0.503. The molecule has 0 unspecified atom stereocenters. The Morgan fingerprint density at radius 1 is 1.20 bits per heavy atom. The van der Waals surface area contributed by atoms with Crippen molar-refractivity contribution in [2.75, 3.05) is 18.1 Å². The number of halogens is 1. The van der Waals surface area contributed by atoms with E-state index in [9.17, 15) is 4.39 Å². The maximum absolute atomic E-state index is 13.2. The molecule has 0 atom stereocenters. The highest BCUT2D eigenvalue weighted by atomic mass is 32.2. The van der Waals surface area contributed by atoms with E-state index in [1.807, 2.05) is 6.07 Å². The summed E-state index contributed by atoms with van der Waals surface area (Å²) in [5, 5.41) is 8.68. The minimum atomic E-state index is -0.400. The molecule has 0 aliphatic rings. The molecule has 0 aliphatic heterocycles. The number of hydrogen-bond donors (Lipinski definition) is 1. The van der Waals surface area contributed by atoms with Crippen LogP contribution in [0.15, 0.2) is 47.4 Å². The maximum Gasteiger partial charge on any atom is 0.147 e. The molecule has 20 heavy (non-hydrogen) atoms. The van der Waals surface area contributed by atoms with Gasteiger partial charge in [0.15, 0.2) is 0 Å². The Balaban J connectivity index is 1.78. The lowest BCUT2D eigenvalue weighted by Gasteiger charge is -2.06. The second kappa shape index (κ2) is 6.83. The first kappa shape index (κ1) is 14.2. The van der Waals surface area contributed by atoms with Crippen molar-refractivity contribution in [1.82, 2.24) is 0 Å². The molecule has 3 nitrogen and oxygen atoms in total. The van der Waals surface area contributed by atoms with Crippen LogP contribution in [0.2, 0.25) is 0 Å². The molecular formula is C15H13FN2OS. The van der Waals surface area contributed by atoms with Crippen molar-refractivity contribution >= 4 is 17.4 Å². The fourth-order valence-corrected chi connectivity index (χ4v) is 2.30. The van der Waals surface area contributed by atoms with Gasteiger partial charge >= 0.3 is 0 Å². The Hall–Kier alpha value is -2.19. The van der Waals surface area contributed by atoms with Gasteiger partial charge in [-0.25, -0.2) is 4.39 Å². The Morgan fingerprint density at radius 3 is 2.60 bits per heavy atom. The number of nitrogens with zero attached hydrogens (tertiary/aromatic N) is 1. The van der Waals surface area contributed by atoms with E-state index in [1.165, 1.54) is 17.8 Å². The number of nitrogen functional groups attached to an aromatic ring is 1. The molecule has 0 saturated carbocycles. The van der Waals surface area contributed by atoms with Crippen molar-refractivity contribution in [3.63, 3.8) is 0 Å². The molecule has 0 bridgehead atoms. The van der Waals surface area contributed by atoms with Crippen molar-refractivity contribution in [3.05, 3.63) is 53.8 Å². The van der Waals surface area contributed by atoms with Crippen LogP contribution in [0.5, 0.6) is 5.75 Å². The molecule has 5 heteroatoms. The van der Waals surface area contributed by atoms with Crippen molar-refractivity contribution in [1.29, 1.82) is 5.26 Å². The van der Waals surface area contributed by atoms with E-state index in [-0.39, 0.29) is 5.69 Å². The van der Waals surface area contributed by atoms with Gasteiger partial charge in [0.2, 0.25) is 0 Å². The molecule has 0 spiro atoms. The lowest BCUT2D eigenvalue weighted by atomic mass is 10.2.